The van der Waals surface area contributed by atoms with Crippen LogP contribution in [-0.4, -0.2) is 24.8 Å². The first-order valence-corrected chi connectivity index (χ1v) is 8.34. The van der Waals surface area contributed by atoms with Crippen molar-refractivity contribution < 1.29 is 0 Å². The fourth-order valence-corrected chi connectivity index (χ4v) is 2.59. The lowest BCUT2D eigenvalue weighted by atomic mass is 9.91. The quantitative estimate of drug-likeness (QED) is 0.260. The van der Waals surface area contributed by atoms with E-state index in [0.29, 0.717) is 5.92 Å². The smallest absolute Gasteiger partial charge is 0.0380 e. The minimum Gasteiger partial charge on any atom is -0.303 e. The van der Waals surface area contributed by atoms with E-state index in [2.05, 4.69) is 25.9 Å². The van der Waals surface area contributed by atoms with Crippen LogP contribution in [0.3, 0.4) is 0 Å². The molecule has 0 rings (SSSR count). The number of hydrazone groups is 1. The van der Waals surface area contributed by atoms with Crippen LogP contribution in [0.1, 0.15) is 85.0 Å². The molecule has 0 saturated carbocycles. The molecule has 0 aromatic carbocycles. The van der Waals surface area contributed by atoms with Gasteiger partial charge in [0.25, 0.3) is 0 Å². The Balaban J connectivity index is 4.13. The molecular weight excluding hydrogens is 232 g/mol. The van der Waals surface area contributed by atoms with Crippen molar-refractivity contribution in [2.75, 3.05) is 14.1 Å². The number of unbranched alkanes of at least 4 members (excludes halogenated alkanes) is 6. The van der Waals surface area contributed by atoms with Gasteiger partial charge in [0, 0.05) is 19.8 Å². The minimum absolute atomic E-state index is 0.705. The van der Waals surface area contributed by atoms with Crippen LogP contribution in [0.15, 0.2) is 5.10 Å². The van der Waals surface area contributed by atoms with Crippen LogP contribution in [0, 0.1) is 5.92 Å². The number of rotatable bonds is 12. The molecule has 0 spiro atoms. The van der Waals surface area contributed by atoms with E-state index in [1.807, 2.05) is 19.1 Å². The predicted octanol–water partition coefficient (Wildman–Crippen LogP) is 5.48. The molecule has 0 atom stereocenters. The largest absolute Gasteiger partial charge is 0.303 e. The third-order valence-electron chi connectivity index (χ3n) is 3.76. The topological polar surface area (TPSA) is 15.6 Å². The monoisotopic (exact) mass is 268 g/mol. The first kappa shape index (κ1) is 18.5. The van der Waals surface area contributed by atoms with Crippen molar-refractivity contribution in [2.24, 2.45) is 11.0 Å². The van der Waals surface area contributed by atoms with Gasteiger partial charge in [-0.2, -0.15) is 5.10 Å². The lowest BCUT2D eigenvalue weighted by molar-refractivity contribution is 0.422. The van der Waals surface area contributed by atoms with Gasteiger partial charge in [-0.15, -0.1) is 0 Å². The third-order valence-corrected chi connectivity index (χ3v) is 3.76. The normalized spacial score (nSPS) is 12.2. The van der Waals surface area contributed by atoms with Gasteiger partial charge in [-0.25, -0.2) is 0 Å². The molecular formula is C17H36N2. The van der Waals surface area contributed by atoms with Crippen molar-refractivity contribution in [1.29, 1.82) is 0 Å². The Morgan fingerprint density at radius 1 is 0.842 bits per heavy atom. The van der Waals surface area contributed by atoms with E-state index < -0.39 is 0 Å². The average molecular weight is 268 g/mol. The third kappa shape index (κ3) is 11.0. The van der Waals surface area contributed by atoms with E-state index in [1.54, 1.807) is 0 Å². The Labute approximate surface area is 121 Å². The summed E-state index contributed by atoms with van der Waals surface area (Å²) < 4.78 is 0. The first-order valence-electron chi connectivity index (χ1n) is 8.34. The number of hydrogen-bond acceptors (Lipinski definition) is 2. The molecule has 2 heteroatoms. The maximum Gasteiger partial charge on any atom is 0.0380 e. The van der Waals surface area contributed by atoms with E-state index in [1.165, 1.54) is 69.9 Å². The second-order valence-electron chi connectivity index (χ2n) is 5.98. The molecule has 0 aromatic heterocycles. The van der Waals surface area contributed by atoms with E-state index in [0.717, 1.165) is 0 Å². The summed E-state index contributed by atoms with van der Waals surface area (Å²) in [6.07, 6.45) is 13.6. The number of hydrogen-bond donors (Lipinski definition) is 0. The molecule has 19 heavy (non-hydrogen) atoms. The Kier molecular flexibility index (Phi) is 12.2. The molecule has 0 fully saturated rings. The molecule has 0 heterocycles. The Bertz CT molecular complexity index is 209. The van der Waals surface area contributed by atoms with Crippen LogP contribution in [0.25, 0.3) is 0 Å². The van der Waals surface area contributed by atoms with Crippen molar-refractivity contribution in [2.45, 2.75) is 85.0 Å². The van der Waals surface area contributed by atoms with E-state index >= 15 is 0 Å². The molecule has 0 N–H and O–H groups in total. The maximum atomic E-state index is 4.63. The van der Waals surface area contributed by atoms with Crippen LogP contribution >= 0.6 is 0 Å². The molecule has 0 aliphatic rings. The SMILES string of the molecule is CCCCCCC(CCCCCC)/C(C)=N/N(C)C. The Morgan fingerprint density at radius 3 is 1.68 bits per heavy atom. The highest BCUT2D eigenvalue weighted by Gasteiger charge is 2.12. The van der Waals surface area contributed by atoms with Gasteiger partial charge >= 0.3 is 0 Å². The Morgan fingerprint density at radius 2 is 1.32 bits per heavy atom. The van der Waals surface area contributed by atoms with Gasteiger partial charge in [0.05, 0.1) is 0 Å². The molecule has 0 aliphatic carbocycles. The summed E-state index contributed by atoms with van der Waals surface area (Å²) in [5.41, 5.74) is 1.33. The van der Waals surface area contributed by atoms with Crippen molar-refractivity contribution in [3.05, 3.63) is 0 Å². The zero-order valence-corrected chi connectivity index (χ0v) is 14.0. The van der Waals surface area contributed by atoms with Crippen molar-refractivity contribution >= 4 is 5.71 Å². The van der Waals surface area contributed by atoms with Gasteiger partial charge in [-0.05, 0) is 25.7 Å². The van der Waals surface area contributed by atoms with Crippen molar-refractivity contribution in [3.8, 4) is 0 Å². The molecule has 0 saturated heterocycles. The van der Waals surface area contributed by atoms with Gasteiger partial charge in [0.2, 0.25) is 0 Å². The summed E-state index contributed by atoms with van der Waals surface area (Å²) in [5.74, 6) is 0.705. The highest BCUT2D eigenvalue weighted by atomic mass is 15.4. The summed E-state index contributed by atoms with van der Waals surface area (Å²) in [5, 5.41) is 6.57. The highest BCUT2D eigenvalue weighted by Crippen LogP contribution is 2.20. The second-order valence-corrected chi connectivity index (χ2v) is 5.98. The van der Waals surface area contributed by atoms with Crippen LogP contribution in [0.5, 0.6) is 0 Å². The van der Waals surface area contributed by atoms with Gasteiger partial charge in [0.1, 0.15) is 0 Å². The Hall–Kier alpha value is -0.530. The van der Waals surface area contributed by atoms with Crippen molar-refractivity contribution in [1.82, 2.24) is 5.01 Å². The summed E-state index contributed by atoms with van der Waals surface area (Å²) in [7, 11) is 4.05. The zero-order valence-electron chi connectivity index (χ0n) is 14.0. The van der Waals surface area contributed by atoms with Crippen LogP contribution in [-0.2, 0) is 0 Å². The minimum atomic E-state index is 0.705. The molecule has 114 valence electrons. The summed E-state index contributed by atoms with van der Waals surface area (Å²) in [6.45, 7) is 6.77. The second kappa shape index (κ2) is 12.5. The van der Waals surface area contributed by atoms with Crippen LogP contribution in [0.2, 0.25) is 0 Å². The van der Waals surface area contributed by atoms with Crippen LogP contribution < -0.4 is 0 Å². The van der Waals surface area contributed by atoms with Crippen molar-refractivity contribution in [3.63, 3.8) is 0 Å². The average Bonchev–Trinajstić information content (AvgIpc) is 2.36. The molecule has 0 unspecified atom stereocenters. The van der Waals surface area contributed by atoms with Crippen LogP contribution in [0.4, 0.5) is 0 Å². The van der Waals surface area contributed by atoms with E-state index in [9.17, 15) is 0 Å². The predicted molar refractivity (Wildman–Crippen MR) is 87.8 cm³/mol. The molecule has 0 radical (unpaired) electrons. The van der Waals surface area contributed by atoms with Gasteiger partial charge in [0.15, 0.2) is 0 Å². The van der Waals surface area contributed by atoms with E-state index in [-0.39, 0.29) is 0 Å². The van der Waals surface area contributed by atoms with E-state index in [4.69, 9.17) is 0 Å². The highest BCUT2D eigenvalue weighted by molar-refractivity contribution is 5.84. The standard InChI is InChI=1S/C17H36N2/c1-6-8-10-12-14-17(15-13-11-9-7-2)16(3)18-19(4)5/h17H,6-15H2,1-5H3/b18-16+. The zero-order chi connectivity index (χ0) is 14.5. The van der Waals surface area contributed by atoms with Gasteiger partial charge < -0.3 is 5.01 Å². The molecule has 2 nitrogen and oxygen atoms in total. The maximum absolute atomic E-state index is 4.63. The van der Waals surface area contributed by atoms with Gasteiger partial charge in [-0.1, -0.05) is 65.2 Å². The fourth-order valence-electron chi connectivity index (χ4n) is 2.59. The summed E-state index contributed by atoms with van der Waals surface area (Å²) in [4.78, 5) is 0. The lowest BCUT2D eigenvalue weighted by Gasteiger charge is -2.18. The lowest BCUT2D eigenvalue weighted by Crippen LogP contribution is -2.16. The fraction of sp³-hybridized carbons (Fsp3) is 0.941. The number of nitrogens with zero attached hydrogens (tertiary/aromatic N) is 2. The summed E-state index contributed by atoms with van der Waals surface area (Å²) >= 11 is 0. The molecule has 0 aliphatic heterocycles. The molecule has 0 amide bonds. The summed E-state index contributed by atoms with van der Waals surface area (Å²) in [6, 6.07) is 0. The molecule has 0 aromatic rings. The first-order chi connectivity index (χ1) is 9.11. The molecule has 0 bridgehead atoms. The van der Waals surface area contributed by atoms with Gasteiger partial charge in [-0.3, -0.25) is 0 Å².